The molecule has 0 atom stereocenters. The number of furan rings is 1. The summed E-state index contributed by atoms with van der Waals surface area (Å²) in [5, 5.41) is 8.95. The highest BCUT2D eigenvalue weighted by atomic mass is 32.2. The van der Waals surface area contributed by atoms with E-state index in [0.29, 0.717) is 5.16 Å². The molecule has 3 aromatic rings. The molecule has 0 unspecified atom stereocenters. The smallest absolute Gasteiger partial charge is 0.305 e. The third-order valence-electron chi connectivity index (χ3n) is 3.61. The topological polar surface area (TPSA) is 102 Å². The molecule has 8 nitrogen and oxygen atoms in total. The Hall–Kier alpha value is -3.07. The second-order valence-electron chi connectivity index (χ2n) is 5.45. The lowest BCUT2D eigenvalue weighted by Gasteiger charge is -2.07. The van der Waals surface area contributed by atoms with Gasteiger partial charge in [0.25, 0.3) is 0 Å². The average molecular weight is 371 g/mol. The molecule has 2 heterocycles. The van der Waals surface area contributed by atoms with E-state index < -0.39 is 5.91 Å². The Labute approximate surface area is 154 Å². The molecule has 0 radical (unpaired) electrons. The normalized spacial score (nSPS) is 10.5. The molecule has 2 N–H and O–H groups in total. The van der Waals surface area contributed by atoms with Crippen LogP contribution in [0.1, 0.15) is 16.1 Å². The largest absolute Gasteiger partial charge is 0.459 e. The predicted molar refractivity (Wildman–Crippen MR) is 96.2 cm³/mol. The van der Waals surface area contributed by atoms with Gasteiger partial charge in [-0.25, -0.2) is 0 Å². The summed E-state index contributed by atoms with van der Waals surface area (Å²) < 4.78 is 6.77. The summed E-state index contributed by atoms with van der Waals surface area (Å²) in [6.07, 6.45) is 1.38. The van der Waals surface area contributed by atoms with Gasteiger partial charge in [0.1, 0.15) is 0 Å². The van der Waals surface area contributed by atoms with Gasteiger partial charge in [-0.05, 0) is 24.6 Å². The summed E-state index contributed by atoms with van der Waals surface area (Å²) in [4.78, 5) is 23.6. The van der Waals surface area contributed by atoms with Gasteiger partial charge in [0.2, 0.25) is 5.91 Å². The van der Waals surface area contributed by atoms with Crippen LogP contribution in [0.15, 0.2) is 52.2 Å². The van der Waals surface area contributed by atoms with Crippen LogP contribution >= 0.6 is 11.8 Å². The fraction of sp³-hybridized carbons (Fsp3) is 0.176. The van der Waals surface area contributed by atoms with Crippen LogP contribution in [0.2, 0.25) is 0 Å². The Bertz CT molecular complexity index is 920. The maximum Gasteiger partial charge on any atom is 0.305 e. The van der Waals surface area contributed by atoms with Crippen molar-refractivity contribution in [2.24, 2.45) is 7.05 Å². The number of rotatable bonds is 5. The van der Waals surface area contributed by atoms with Crippen LogP contribution < -0.4 is 10.9 Å². The molecule has 134 valence electrons. The quantitative estimate of drug-likeness (QED) is 0.525. The van der Waals surface area contributed by atoms with Crippen molar-refractivity contribution in [3.8, 4) is 11.4 Å². The number of amides is 2. The van der Waals surface area contributed by atoms with E-state index in [1.807, 2.05) is 42.8 Å². The average Bonchev–Trinajstić information content (AvgIpc) is 3.29. The van der Waals surface area contributed by atoms with Crippen LogP contribution in [-0.2, 0) is 11.8 Å². The number of nitrogens with zero attached hydrogens (tertiary/aromatic N) is 3. The van der Waals surface area contributed by atoms with Crippen molar-refractivity contribution in [1.82, 2.24) is 25.6 Å². The van der Waals surface area contributed by atoms with E-state index in [-0.39, 0.29) is 17.4 Å². The molecule has 0 aliphatic rings. The first-order valence-corrected chi connectivity index (χ1v) is 8.75. The van der Waals surface area contributed by atoms with Gasteiger partial charge in [0.15, 0.2) is 16.7 Å². The van der Waals surface area contributed by atoms with Crippen LogP contribution in [0.4, 0.5) is 0 Å². The lowest BCUT2D eigenvalue weighted by Crippen LogP contribution is -2.42. The second-order valence-corrected chi connectivity index (χ2v) is 6.39. The van der Waals surface area contributed by atoms with E-state index in [1.54, 1.807) is 6.07 Å². The number of hydrogen-bond acceptors (Lipinski definition) is 6. The highest BCUT2D eigenvalue weighted by Gasteiger charge is 2.15. The van der Waals surface area contributed by atoms with Gasteiger partial charge in [-0.15, -0.1) is 10.2 Å². The minimum absolute atomic E-state index is 0.0815. The fourth-order valence-electron chi connectivity index (χ4n) is 2.26. The molecule has 26 heavy (non-hydrogen) atoms. The van der Waals surface area contributed by atoms with E-state index in [4.69, 9.17) is 4.42 Å². The first-order valence-electron chi connectivity index (χ1n) is 7.77. The highest BCUT2D eigenvalue weighted by Crippen LogP contribution is 2.24. The Morgan fingerprint density at radius 2 is 1.96 bits per heavy atom. The molecule has 0 aliphatic carbocycles. The Kier molecular flexibility index (Phi) is 5.37. The highest BCUT2D eigenvalue weighted by molar-refractivity contribution is 7.99. The minimum atomic E-state index is -0.520. The number of hydrogen-bond donors (Lipinski definition) is 2. The molecule has 0 bridgehead atoms. The molecule has 3 rings (SSSR count). The Morgan fingerprint density at radius 3 is 2.69 bits per heavy atom. The molecule has 2 aromatic heterocycles. The lowest BCUT2D eigenvalue weighted by molar-refractivity contribution is -0.119. The van der Waals surface area contributed by atoms with E-state index in [1.165, 1.54) is 24.1 Å². The molecule has 9 heteroatoms. The van der Waals surface area contributed by atoms with Crippen LogP contribution in [0.5, 0.6) is 0 Å². The second kappa shape index (κ2) is 7.87. The number of carbonyl (C=O) groups excluding carboxylic acids is 2. The van der Waals surface area contributed by atoms with Crippen LogP contribution in [0.3, 0.4) is 0 Å². The molecular weight excluding hydrogens is 354 g/mol. The van der Waals surface area contributed by atoms with Gasteiger partial charge in [0, 0.05) is 12.6 Å². The van der Waals surface area contributed by atoms with Crippen molar-refractivity contribution < 1.29 is 14.0 Å². The minimum Gasteiger partial charge on any atom is -0.459 e. The van der Waals surface area contributed by atoms with Crippen molar-refractivity contribution in [2.45, 2.75) is 12.1 Å². The summed E-state index contributed by atoms with van der Waals surface area (Å²) in [5.41, 5.74) is 6.70. The van der Waals surface area contributed by atoms with E-state index >= 15 is 0 Å². The molecule has 1 aromatic carbocycles. The number of nitrogens with one attached hydrogen (secondary N) is 2. The van der Waals surface area contributed by atoms with Crippen molar-refractivity contribution in [2.75, 3.05) is 5.75 Å². The number of benzene rings is 1. The van der Waals surface area contributed by atoms with Crippen LogP contribution in [0.25, 0.3) is 11.4 Å². The van der Waals surface area contributed by atoms with E-state index in [2.05, 4.69) is 21.0 Å². The maximum absolute atomic E-state index is 11.9. The number of carbonyl (C=O) groups is 2. The predicted octanol–water partition coefficient (Wildman–Crippen LogP) is 1.94. The zero-order valence-corrected chi connectivity index (χ0v) is 15.0. The zero-order chi connectivity index (χ0) is 18.5. The summed E-state index contributed by atoms with van der Waals surface area (Å²) >= 11 is 1.23. The third-order valence-corrected chi connectivity index (χ3v) is 4.63. The van der Waals surface area contributed by atoms with Crippen molar-refractivity contribution in [1.29, 1.82) is 0 Å². The maximum atomic E-state index is 11.9. The summed E-state index contributed by atoms with van der Waals surface area (Å²) in [5.74, 6) is 0.0495. The first-order chi connectivity index (χ1) is 12.6. The monoisotopic (exact) mass is 371 g/mol. The molecule has 0 fully saturated rings. The number of hydrazine groups is 1. The summed E-state index contributed by atoms with van der Waals surface area (Å²) in [6.45, 7) is 2.01. The van der Waals surface area contributed by atoms with Gasteiger partial charge in [-0.1, -0.05) is 36.0 Å². The fourth-order valence-corrected chi connectivity index (χ4v) is 2.97. The molecule has 2 amide bonds. The van der Waals surface area contributed by atoms with Gasteiger partial charge < -0.3 is 8.98 Å². The molecule has 0 aliphatic heterocycles. The first kappa shape index (κ1) is 17.7. The Balaban J connectivity index is 1.56. The van der Waals surface area contributed by atoms with Crippen LogP contribution in [0, 0.1) is 6.92 Å². The van der Waals surface area contributed by atoms with E-state index in [9.17, 15) is 9.59 Å². The van der Waals surface area contributed by atoms with Gasteiger partial charge >= 0.3 is 5.91 Å². The third kappa shape index (κ3) is 3.94. The molecular formula is C17H17N5O3S. The van der Waals surface area contributed by atoms with Crippen molar-refractivity contribution in [3.05, 3.63) is 54.0 Å². The molecule has 0 saturated carbocycles. The lowest BCUT2D eigenvalue weighted by atomic mass is 10.1. The molecule has 0 saturated heterocycles. The van der Waals surface area contributed by atoms with Gasteiger partial charge in [-0.2, -0.15) is 0 Å². The number of aryl methyl sites for hydroxylation is 1. The Morgan fingerprint density at radius 1 is 1.15 bits per heavy atom. The number of aromatic nitrogens is 3. The zero-order valence-electron chi connectivity index (χ0n) is 14.2. The molecule has 0 spiro atoms. The SMILES string of the molecule is Cc1ccccc1-c1nnc(SCC(=O)NNC(=O)c2ccco2)n1C. The van der Waals surface area contributed by atoms with Crippen molar-refractivity contribution >= 4 is 23.6 Å². The summed E-state index contributed by atoms with van der Waals surface area (Å²) in [6, 6.07) is 11.0. The van der Waals surface area contributed by atoms with Gasteiger partial charge in [-0.3, -0.25) is 20.4 Å². The summed E-state index contributed by atoms with van der Waals surface area (Å²) in [7, 11) is 1.85. The van der Waals surface area contributed by atoms with Gasteiger partial charge in [0.05, 0.1) is 12.0 Å². The van der Waals surface area contributed by atoms with E-state index in [0.717, 1.165) is 17.0 Å². The van der Waals surface area contributed by atoms with Crippen LogP contribution in [-0.4, -0.2) is 32.3 Å². The number of thioether (sulfide) groups is 1. The standard InChI is InChI=1S/C17H17N5O3S/c1-11-6-3-4-7-12(11)15-19-21-17(22(15)2)26-10-14(23)18-20-16(24)13-8-5-9-25-13/h3-9H,10H2,1-2H3,(H,18,23)(H,20,24). The van der Waals surface area contributed by atoms with Crippen molar-refractivity contribution in [3.63, 3.8) is 0 Å².